The summed E-state index contributed by atoms with van der Waals surface area (Å²) in [5, 5.41) is 18.8. The van der Waals surface area contributed by atoms with Gasteiger partial charge in [-0.05, 0) is 31.4 Å². The van der Waals surface area contributed by atoms with E-state index in [1.165, 1.54) is 18.2 Å². The average molecular weight is 265 g/mol. The van der Waals surface area contributed by atoms with E-state index in [2.05, 4.69) is 0 Å². The molecule has 1 aliphatic heterocycles. The fourth-order valence-electron chi connectivity index (χ4n) is 2.28. The molecule has 0 saturated carbocycles. The topological polar surface area (TPSA) is 70.0 Å². The quantitative estimate of drug-likeness (QED) is 0.873. The molecule has 1 amide bonds. The van der Waals surface area contributed by atoms with Gasteiger partial charge in [0.1, 0.15) is 11.5 Å². The zero-order valence-electron chi connectivity index (χ0n) is 11.0. The molecule has 19 heavy (non-hydrogen) atoms. The summed E-state index contributed by atoms with van der Waals surface area (Å²) in [6.07, 6.45) is 3.24. The number of carbonyl (C=O) groups is 1. The number of nitrogens with zero attached hydrogens (tertiary/aromatic N) is 1. The van der Waals surface area contributed by atoms with Gasteiger partial charge >= 0.3 is 0 Å². The van der Waals surface area contributed by atoms with E-state index in [-0.39, 0.29) is 29.1 Å². The predicted octanol–water partition coefficient (Wildman–Crippen LogP) is 1.74. The summed E-state index contributed by atoms with van der Waals surface area (Å²) in [5.41, 5.74) is 0.274. The largest absolute Gasteiger partial charge is 0.508 e. The van der Waals surface area contributed by atoms with Crippen molar-refractivity contribution in [2.75, 3.05) is 20.2 Å². The van der Waals surface area contributed by atoms with Gasteiger partial charge in [0.25, 0.3) is 5.91 Å². The van der Waals surface area contributed by atoms with Gasteiger partial charge in [0, 0.05) is 31.8 Å². The minimum atomic E-state index is -0.236. The number of carbonyl (C=O) groups excluding carboxylic acids is 1. The third kappa shape index (κ3) is 3.61. The molecule has 0 bridgehead atoms. The smallest absolute Gasteiger partial charge is 0.253 e. The van der Waals surface area contributed by atoms with Crippen LogP contribution in [0.2, 0.25) is 0 Å². The predicted molar refractivity (Wildman–Crippen MR) is 70.3 cm³/mol. The van der Waals surface area contributed by atoms with E-state index >= 15 is 0 Å². The van der Waals surface area contributed by atoms with E-state index in [0.29, 0.717) is 6.54 Å². The van der Waals surface area contributed by atoms with Crippen LogP contribution in [0.5, 0.6) is 11.5 Å². The highest BCUT2D eigenvalue weighted by Crippen LogP contribution is 2.22. The summed E-state index contributed by atoms with van der Waals surface area (Å²) in [5.74, 6) is -0.475. The standard InChI is InChI=1S/C14H19NO4/c1-15(9-13-4-2-3-5-19-13)14(18)10-6-11(16)8-12(17)7-10/h6-8,13,16-17H,2-5,9H2,1H3. The zero-order chi connectivity index (χ0) is 13.8. The molecule has 1 fully saturated rings. The third-order valence-electron chi connectivity index (χ3n) is 3.25. The van der Waals surface area contributed by atoms with Crippen LogP contribution in [-0.4, -0.2) is 47.3 Å². The molecule has 0 spiro atoms. The number of phenolic OH excluding ortho intramolecular Hbond substituents is 2. The molecule has 1 saturated heterocycles. The van der Waals surface area contributed by atoms with Crippen LogP contribution in [0.3, 0.4) is 0 Å². The van der Waals surface area contributed by atoms with Gasteiger partial charge in [-0.25, -0.2) is 0 Å². The molecule has 0 radical (unpaired) electrons. The first-order chi connectivity index (χ1) is 9.06. The van der Waals surface area contributed by atoms with Crippen molar-refractivity contribution >= 4 is 5.91 Å². The lowest BCUT2D eigenvalue weighted by Crippen LogP contribution is -2.37. The Morgan fingerprint density at radius 1 is 1.32 bits per heavy atom. The van der Waals surface area contributed by atoms with Crippen LogP contribution in [0.25, 0.3) is 0 Å². The number of phenols is 2. The van der Waals surface area contributed by atoms with Crippen LogP contribution >= 0.6 is 0 Å². The fraction of sp³-hybridized carbons (Fsp3) is 0.500. The summed E-state index contributed by atoms with van der Waals surface area (Å²) >= 11 is 0. The van der Waals surface area contributed by atoms with Gasteiger partial charge in [-0.15, -0.1) is 0 Å². The molecular weight excluding hydrogens is 246 g/mol. The third-order valence-corrected chi connectivity index (χ3v) is 3.25. The number of likely N-dealkylation sites (N-methyl/N-ethyl adjacent to an activating group) is 1. The zero-order valence-corrected chi connectivity index (χ0v) is 11.0. The van der Waals surface area contributed by atoms with E-state index in [4.69, 9.17) is 4.74 Å². The van der Waals surface area contributed by atoms with Crippen LogP contribution < -0.4 is 0 Å². The van der Waals surface area contributed by atoms with Crippen LogP contribution in [0, 0.1) is 0 Å². The lowest BCUT2D eigenvalue weighted by molar-refractivity contribution is -0.000194. The molecule has 5 nitrogen and oxygen atoms in total. The van der Waals surface area contributed by atoms with Gasteiger partial charge in [-0.1, -0.05) is 0 Å². The number of aromatic hydroxyl groups is 2. The second-order valence-electron chi connectivity index (χ2n) is 4.91. The van der Waals surface area contributed by atoms with Crippen molar-refractivity contribution in [1.82, 2.24) is 4.90 Å². The van der Waals surface area contributed by atoms with Gasteiger partial charge in [0.15, 0.2) is 0 Å². The summed E-state index contributed by atoms with van der Waals surface area (Å²) in [7, 11) is 1.70. The summed E-state index contributed by atoms with van der Waals surface area (Å²) in [4.78, 5) is 13.7. The van der Waals surface area contributed by atoms with Gasteiger partial charge < -0.3 is 19.8 Å². The molecule has 1 aromatic carbocycles. The first-order valence-electron chi connectivity index (χ1n) is 6.46. The Bertz CT molecular complexity index is 435. The Kier molecular flexibility index (Phi) is 4.27. The Hall–Kier alpha value is -1.75. The van der Waals surface area contributed by atoms with Crippen LogP contribution in [0.15, 0.2) is 18.2 Å². The lowest BCUT2D eigenvalue weighted by Gasteiger charge is -2.27. The maximum Gasteiger partial charge on any atom is 0.253 e. The number of hydrogen-bond donors (Lipinski definition) is 2. The van der Waals surface area contributed by atoms with E-state index in [9.17, 15) is 15.0 Å². The molecule has 1 unspecified atom stereocenters. The molecule has 0 aromatic heterocycles. The molecule has 1 aromatic rings. The Labute approximate surface area is 112 Å². The highest BCUT2D eigenvalue weighted by Gasteiger charge is 2.20. The Morgan fingerprint density at radius 2 is 2.00 bits per heavy atom. The maximum atomic E-state index is 12.2. The van der Waals surface area contributed by atoms with Crippen molar-refractivity contribution in [3.05, 3.63) is 23.8 Å². The average Bonchev–Trinajstić information content (AvgIpc) is 2.37. The van der Waals surface area contributed by atoms with Gasteiger partial charge in [0.05, 0.1) is 6.10 Å². The second-order valence-corrected chi connectivity index (χ2v) is 4.91. The second kappa shape index (κ2) is 5.93. The van der Waals surface area contributed by atoms with Crippen molar-refractivity contribution in [2.24, 2.45) is 0 Å². The SMILES string of the molecule is CN(CC1CCCCO1)C(=O)c1cc(O)cc(O)c1. The number of ether oxygens (including phenoxy) is 1. The van der Waals surface area contributed by atoms with Crippen LogP contribution in [0.4, 0.5) is 0 Å². The normalized spacial score (nSPS) is 19.1. The molecule has 2 rings (SSSR count). The maximum absolute atomic E-state index is 12.2. The molecule has 0 aliphatic carbocycles. The highest BCUT2D eigenvalue weighted by molar-refractivity contribution is 5.94. The lowest BCUT2D eigenvalue weighted by atomic mass is 10.1. The van der Waals surface area contributed by atoms with Gasteiger partial charge in [0.2, 0.25) is 0 Å². The number of hydrogen-bond acceptors (Lipinski definition) is 4. The highest BCUT2D eigenvalue weighted by atomic mass is 16.5. The molecule has 2 N–H and O–H groups in total. The van der Waals surface area contributed by atoms with Crippen molar-refractivity contribution in [3.63, 3.8) is 0 Å². The molecule has 1 heterocycles. The monoisotopic (exact) mass is 265 g/mol. The first-order valence-corrected chi connectivity index (χ1v) is 6.46. The minimum Gasteiger partial charge on any atom is -0.508 e. The van der Waals surface area contributed by atoms with Crippen LogP contribution in [-0.2, 0) is 4.74 Å². The molecule has 104 valence electrons. The van der Waals surface area contributed by atoms with Crippen molar-refractivity contribution < 1.29 is 19.7 Å². The minimum absolute atomic E-state index is 0.0774. The summed E-state index contributed by atoms with van der Waals surface area (Å²) in [6.45, 7) is 1.27. The number of benzene rings is 1. The Balaban J connectivity index is 2.01. The van der Waals surface area contributed by atoms with E-state index < -0.39 is 0 Å². The van der Waals surface area contributed by atoms with Crippen molar-refractivity contribution in [3.8, 4) is 11.5 Å². The Morgan fingerprint density at radius 3 is 2.58 bits per heavy atom. The fourth-order valence-corrected chi connectivity index (χ4v) is 2.28. The number of rotatable bonds is 3. The van der Waals surface area contributed by atoms with E-state index in [1.54, 1.807) is 11.9 Å². The van der Waals surface area contributed by atoms with E-state index in [0.717, 1.165) is 25.9 Å². The molecule has 5 heteroatoms. The number of amides is 1. The van der Waals surface area contributed by atoms with E-state index in [1.807, 2.05) is 0 Å². The molecule has 1 atom stereocenters. The molecule has 1 aliphatic rings. The summed E-state index contributed by atoms with van der Waals surface area (Å²) < 4.78 is 5.59. The van der Waals surface area contributed by atoms with Crippen molar-refractivity contribution in [1.29, 1.82) is 0 Å². The molecular formula is C14H19NO4. The first kappa shape index (κ1) is 13.7. The van der Waals surface area contributed by atoms with Crippen LogP contribution in [0.1, 0.15) is 29.6 Å². The van der Waals surface area contributed by atoms with Gasteiger partial charge in [-0.3, -0.25) is 4.79 Å². The summed E-state index contributed by atoms with van der Waals surface area (Å²) in [6, 6.07) is 3.89. The van der Waals surface area contributed by atoms with Gasteiger partial charge in [-0.2, -0.15) is 0 Å². The van der Waals surface area contributed by atoms with Crippen molar-refractivity contribution in [2.45, 2.75) is 25.4 Å².